The maximum atomic E-state index is 11.9. The summed E-state index contributed by atoms with van der Waals surface area (Å²) in [5.74, 6) is 1.52. The van der Waals surface area contributed by atoms with E-state index >= 15 is 0 Å². The van der Waals surface area contributed by atoms with Crippen molar-refractivity contribution in [3.63, 3.8) is 0 Å². The highest BCUT2D eigenvalue weighted by molar-refractivity contribution is 7.88. The van der Waals surface area contributed by atoms with Crippen molar-refractivity contribution in [2.45, 2.75) is 39.2 Å². The van der Waals surface area contributed by atoms with Crippen molar-refractivity contribution in [3.8, 4) is 5.75 Å². The molecule has 2 aromatic heterocycles. The van der Waals surface area contributed by atoms with Crippen molar-refractivity contribution in [1.29, 1.82) is 0 Å². The average molecular weight is 422 g/mol. The van der Waals surface area contributed by atoms with Gasteiger partial charge in [-0.15, -0.1) is 10.2 Å². The van der Waals surface area contributed by atoms with Gasteiger partial charge in [0.15, 0.2) is 10.8 Å². The number of hydrogen-bond donors (Lipinski definition) is 0. The van der Waals surface area contributed by atoms with Gasteiger partial charge in [0, 0.05) is 19.0 Å². The van der Waals surface area contributed by atoms with E-state index in [2.05, 4.69) is 29.1 Å². The van der Waals surface area contributed by atoms with E-state index < -0.39 is 10.0 Å². The van der Waals surface area contributed by atoms with Gasteiger partial charge in [-0.05, 0) is 49.9 Å². The Bertz CT molecular complexity index is 1110. The minimum atomic E-state index is -3.21. The highest BCUT2D eigenvalue weighted by atomic mass is 32.2. The Morgan fingerprint density at radius 1 is 1.25 bits per heavy atom. The quantitative estimate of drug-likeness (QED) is 0.629. The van der Waals surface area contributed by atoms with Gasteiger partial charge in [-0.3, -0.25) is 0 Å². The fourth-order valence-corrected chi connectivity index (χ4v) is 5.05. The highest BCUT2D eigenvalue weighted by Crippen LogP contribution is 2.28. The van der Waals surface area contributed by atoms with E-state index in [-0.39, 0.29) is 5.92 Å². The van der Waals surface area contributed by atoms with Gasteiger partial charge in [-0.1, -0.05) is 17.4 Å². The molecule has 28 heavy (non-hydrogen) atoms. The largest absolute Gasteiger partial charge is 0.486 e. The van der Waals surface area contributed by atoms with Crippen LogP contribution in [0, 0.1) is 13.8 Å². The Labute approximate surface area is 168 Å². The third-order valence-corrected chi connectivity index (χ3v) is 7.26. The first-order valence-electron chi connectivity index (χ1n) is 9.17. The molecule has 0 radical (unpaired) electrons. The molecule has 0 bridgehead atoms. The Hall–Kier alpha value is -2.04. The van der Waals surface area contributed by atoms with E-state index in [4.69, 9.17) is 4.74 Å². The van der Waals surface area contributed by atoms with Crippen molar-refractivity contribution in [1.82, 2.24) is 24.1 Å². The lowest BCUT2D eigenvalue weighted by Gasteiger charge is -2.29. The van der Waals surface area contributed by atoms with Crippen LogP contribution in [0.4, 0.5) is 0 Å². The van der Waals surface area contributed by atoms with Crippen LogP contribution in [0.2, 0.25) is 0 Å². The normalized spacial score (nSPS) is 18.6. The van der Waals surface area contributed by atoms with E-state index in [0.29, 0.717) is 24.7 Å². The second-order valence-electron chi connectivity index (χ2n) is 7.24. The lowest BCUT2D eigenvalue weighted by Crippen LogP contribution is -2.38. The molecule has 150 valence electrons. The zero-order valence-electron chi connectivity index (χ0n) is 16.1. The fraction of sp³-hybridized carbons (Fsp3) is 0.500. The van der Waals surface area contributed by atoms with Crippen LogP contribution < -0.4 is 4.74 Å². The number of aromatic nitrogens is 4. The molecule has 0 saturated carbocycles. The molecule has 3 aromatic rings. The number of ether oxygens (including phenoxy) is 1. The molecule has 1 aromatic carbocycles. The van der Waals surface area contributed by atoms with Crippen LogP contribution in [-0.4, -0.2) is 51.9 Å². The van der Waals surface area contributed by atoms with Gasteiger partial charge in [0.1, 0.15) is 12.4 Å². The Morgan fingerprint density at radius 2 is 2.07 bits per heavy atom. The summed E-state index contributed by atoms with van der Waals surface area (Å²) < 4.78 is 32.9. The lowest BCUT2D eigenvalue weighted by atomic mass is 9.99. The third kappa shape index (κ3) is 3.89. The van der Waals surface area contributed by atoms with Crippen LogP contribution in [0.25, 0.3) is 4.96 Å². The maximum absolute atomic E-state index is 11.9. The van der Waals surface area contributed by atoms with Crippen LogP contribution in [0.5, 0.6) is 5.75 Å². The summed E-state index contributed by atoms with van der Waals surface area (Å²) in [7, 11) is -3.21. The molecular formula is C18H23N5O3S2. The van der Waals surface area contributed by atoms with Gasteiger partial charge >= 0.3 is 0 Å². The predicted molar refractivity (Wildman–Crippen MR) is 107 cm³/mol. The monoisotopic (exact) mass is 421 g/mol. The molecule has 1 saturated heterocycles. The van der Waals surface area contributed by atoms with Gasteiger partial charge in [0.05, 0.1) is 6.26 Å². The Morgan fingerprint density at radius 3 is 2.82 bits per heavy atom. The summed E-state index contributed by atoms with van der Waals surface area (Å²) in [5, 5.41) is 13.9. The number of sulfonamides is 1. The van der Waals surface area contributed by atoms with Crippen molar-refractivity contribution in [3.05, 3.63) is 40.2 Å². The standard InChI is InChI=1S/C18H23N5O3S2/c1-12-6-7-15(9-13(12)2)26-11-16-21-23-17(19-20-18(23)27-16)14-5-4-8-22(10-14)28(3,24)25/h6-7,9,14H,4-5,8,10-11H2,1-3H3. The van der Waals surface area contributed by atoms with Crippen molar-refractivity contribution in [2.24, 2.45) is 0 Å². The molecule has 1 atom stereocenters. The van der Waals surface area contributed by atoms with Crippen molar-refractivity contribution < 1.29 is 13.2 Å². The summed E-state index contributed by atoms with van der Waals surface area (Å²) in [5.41, 5.74) is 2.41. The van der Waals surface area contributed by atoms with E-state index in [0.717, 1.165) is 29.4 Å². The number of rotatable bonds is 5. The second-order valence-corrected chi connectivity index (χ2v) is 10.3. The lowest BCUT2D eigenvalue weighted by molar-refractivity contribution is 0.300. The average Bonchev–Trinajstić information content (AvgIpc) is 3.22. The zero-order valence-corrected chi connectivity index (χ0v) is 17.8. The minimum Gasteiger partial charge on any atom is -0.486 e. The summed E-state index contributed by atoms with van der Waals surface area (Å²) in [6.45, 7) is 5.46. The Balaban J connectivity index is 1.51. The number of piperidine rings is 1. The molecule has 0 spiro atoms. The molecule has 8 nitrogen and oxygen atoms in total. The molecule has 0 aliphatic carbocycles. The fourth-order valence-electron chi connectivity index (χ4n) is 3.39. The van der Waals surface area contributed by atoms with Gasteiger partial charge in [-0.2, -0.15) is 9.61 Å². The number of nitrogens with zero attached hydrogens (tertiary/aromatic N) is 5. The first kappa shape index (κ1) is 19.3. The van der Waals surface area contributed by atoms with E-state index in [1.807, 2.05) is 18.2 Å². The molecular weight excluding hydrogens is 398 g/mol. The highest BCUT2D eigenvalue weighted by Gasteiger charge is 2.30. The number of aryl methyl sites for hydroxylation is 2. The van der Waals surface area contributed by atoms with Crippen LogP contribution >= 0.6 is 11.3 Å². The number of hydrogen-bond acceptors (Lipinski definition) is 7. The SMILES string of the molecule is Cc1ccc(OCc2nn3c(C4CCCN(S(C)(=O)=O)C4)nnc3s2)cc1C. The topological polar surface area (TPSA) is 89.7 Å². The third-order valence-electron chi connectivity index (χ3n) is 5.12. The molecule has 1 aliphatic heterocycles. The van der Waals surface area contributed by atoms with Gasteiger partial charge < -0.3 is 4.74 Å². The molecule has 0 amide bonds. The van der Waals surface area contributed by atoms with E-state index in [9.17, 15) is 8.42 Å². The maximum Gasteiger partial charge on any atom is 0.234 e. The van der Waals surface area contributed by atoms with Gasteiger partial charge in [-0.25, -0.2) is 12.7 Å². The molecule has 10 heteroatoms. The van der Waals surface area contributed by atoms with Crippen molar-refractivity contribution in [2.75, 3.05) is 19.3 Å². The van der Waals surface area contributed by atoms with Crippen LogP contribution in [0.3, 0.4) is 0 Å². The van der Waals surface area contributed by atoms with E-state index in [1.54, 1.807) is 4.52 Å². The zero-order chi connectivity index (χ0) is 19.9. The molecule has 0 N–H and O–H groups in total. The van der Waals surface area contributed by atoms with Gasteiger partial charge in [0.2, 0.25) is 15.0 Å². The van der Waals surface area contributed by atoms with Crippen LogP contribution in [-0.2, 0) is 16.6 Å². The minimum absolute atomic E-state index is 0.00547. The molecule has 4 rings (SSSR count). The second kappa shape index (κ2) is 7.41. The first-order chi connectivity index (χ1) is 13.3. The number of fused-ring (bicyclic) bond motifs is 1. The van der Waals surface area contributed by atoms with Crippen LogP contribution in [0.1, 0.15) is 40.7 Å². The van der Waals surface area contributed by atoms with Crippen LogP contribution in [0.15, 0.2) is 18.2 Å². The first-order valence-corrected chi connectivity index (χ1v) is 11.8. The summed E-state index contributed by atoms with van der Waals surface area (Å²) in [6, 6.07) is 6.01. The van der Waals surface area contributed by atoms with Crippen molar-refractivity contribution >= 4 is 26.3 Å². The molecule has 1 unspecified atom stereocenters. The summed E-state index contributed by atoms with van der Waals surface area (Å²) >= 11 is 1.44. The Kier molecular flexibility index (Phi) is 5.11. The molecule has 3 heterocycles. The molecule has 1 aliphatic rings. The molecule has 1 fully saturated rings. The van der Waals surface area contributed by atoms with Gasteiger partial charge in [0.25, 0.3) is 0 Å². The predicted octanol–water partition coefficient (Wildman–Crippen LogP) is 2.52. The summed E-state index contributed by atoms with van der Waals surface area (Å²) in [4.78, 5) is 0.699. The number of benzene rings is 1. The summed E-state index contributed by atoms with van der Waals surface area (Å²) in [6.07, 6.45) is 2.93. The van der Waals surface area contributed by atoms with E-state index in [1.165, 1.54) is 33.0 Å². The smallest absolute Gasteiger partial charge is 0.234 e.